The molecular weight excluding hydrogens is 354 g/mol. The van der Waals surface area contributed by atoms with Gasteiger partial charge in [0.05, 0.1) is 21.3 Å². The van der Waals surface area contributed by atoms with Crippen LogP contribution in [0, 0.1) is 0 Å². The summed E-state index contributed by atoms with van der Waals surface area (Å²) in [4.78, 5) is 36.1. The van der Waals surface area contributed by atoms with Crippen LogP contribution in [-0.4, -0.2) is 34.2 Å². The molecule has 2 aromatic carbocycles. The first-order valence-corrected chi connectivity index (χ1v) is 9.40. The zero-order valence-electron chi connectivity index (χ0n) is 14.6. The molecule has 2 rings (SSSR count). The molecular formula is C19H19NO5S. The Morgan fingerprint density at radius 2 is 1.65 bits per heavy atom. The van der Waals surface area contributed by atoms with Crippen LogP contribution < -0.4 is 5.32 Å². The van der Waals surface area contributed by atoms with E-state index in [4.69, 9.17) is 4.74 Å². The van der Waals surface area contributed by atoms with Crippen LogP contribution in [-0.2, 0) is 20.3 Å². The van der Waals surface area contributed by atoms with Crippen molar-refractivity contribution in [2.45, 2.75) is 24.8 Å². The first-order valence-electron chi connectivity index (χ1n) is 7.85. The third-order valence-corrected chi connectivity index (χ3v) is 4.60. The lowest BCUT2D eigenvalue weighted by Gasteiger charge is -2.14. The number of carbonyl (C=O) groups excluding carboxylic acids is 3. The Morgan fingerprint density at radius 1 is 1.04 bits per heavy atom. The number of rotatable bonds is 6. The fourth-order valence-electron chi connectivity index (χ4n) is 2.20. The Bertz CT molecular complexity index is 860. The van der Waals surface area contributed by atoms with Crippen molar-refractivity contribution in [3.05, 3.63) is 59.7 Å². The number of ketones is 1. The van der Waals surface area contributed by atoms with Gasteiger partial charge in [-0.25, -0.2) is 4.79 Å². The average molecular weight is 373 g/mol. The SMILES string of the molecule is CC(=O)c1ccc(NC(=O)[C@H](C)OC(=O)c2ccccc2[S@@](C)=O)cc1. The summed E-state index contributed by atoms with van der Waals surface area (Å²) in [5.74, 6) is -1.30. The number of benzene rings is 2. The second kappa shape index (κ2) is 8.53. The Balaban J connectivity index is 2.04. The van der Waals surface area contributed by atoms with E-state index >= 15 is 0 Å². The Labute approximate surface area is 154 Å². The van der Waals surface area contributed by atoms with Crippen molar-refractivity contribution in [3.8, 4) is 0 Å². The topological polar surface area (TPSA) is 89.5 Å². The second-order valence-electron chi connectivity index (χ2n) is 5.62. The molecule has 1 amide bonds. The lowest BCUT2D eigenvalue weighted by atomic mass is 10.1. The van der Waals surface area contributed by atoms with E-state index < -0.39 is 28.8 Å². The third-order valence-electron chi connectivity index (χ3n) is 3.63. The maximum absolute atomic E-state index is 12.3. The summed E-state index contributed by atoms with van der Waals surface area (Å²) in [5, 5.41) is 2.61. The minimum Gasteiger partial charge on any atom is -0.449 e. The van der Waals surface area contributed by atoms with Crippen LogP contribution in [0.2, 0.25) is 0 Å². The molecule has 0 spiro atoms. The highest BCUT2D eigenvalue weighted by molar-refractivity contribution is 7.84. The van der Waals surface area contributed by atoms with Crippen LogP contribution in [0.4, 0.5) is 5.69 Å². The van der Waals surface area contributed by atoms with E-state index in [9.17, 15) is 18.6 Å². The smallest absolute Gasteiger partial charge is 0.340 e. The van der Waals surface area contributed by atoms with E-state index in [1.807, 2.05) is 0 Å². The Morgan fingerprint density at radius 3 is 2.23 bits per heavy atom. The molecule has 0 aliphatic carbocycles. The Hall–Kier alpha value is -2.80. The van der Waals surface area contributed by atoms with Crippen molar-refractivity contribution >= 4 is 34.1 Å². The normalized spacial score (nSPS) is 12.7. The number of Topliss-reactive ketones (excluding diaryl/α,β-unsaturated/α-hetero) is 1. The van der Waals surface area contributed by atoms with Crippen LogP contribution in [0.1, 0.15) is 34.6 Å². The molecule has 0 heterocycles. The lowest BCUT2D eigenvalue weighted by Crippen LogP contribution is -2.30. The van der Waals surface area contributed by atoms with Gasteiger partial charge in [-0.1, -0.05) is 12.1 Å². The highest BCUT2D eigenvalue weighted by atomic mass is 32.2. The molecule has 6 nitrogen and oxygen atoms in total. The van der Waals surface area contributed by atoms with Crippen molar-refractivity contribution in [1.29, 1.82) is 0 Å². The maximum atomic E-state index is 12.3. The molecule has 0 aliphatic heterocycles. The molecule has 2 aromatic rings. The summed E-state index contributed by atoms with van der Waals surface area (Å²) in [7, 11) is -1.35. The number of ether oxygens (including phenoxy) is 1. The molecule has 0 radical (unpaired) electrons. The highest BCUT2D eigenvalue weighted by Crippen LogP contribution is 2.16. The zero-order valence-corrected chi connectivity index (χ0v) is 15.5. The van der Waals surface area contributed by atoms with Gasteiger partial charge in [-0.3, -0.25) is 13.8 Å². The number of carbonyl (C=O) groups is 3. The van der Waals surface area contributed by atoms with Crippen molar-refractivity contribution in [2.75, 3.05) is 11.6 Å². The summed E-state index contributed by atoms with van der Waals surface area (Å²) in [5.41, 5.74) is 1.18. The van der Waals surface area contributed by atoms with E-state index in [1.54, 1.807) is 42.5 Å². The number of hydrogen-bond donors (Lipinski definition) is 1. The summed E-state index contributed by atoms with van der Waals surface area (Å²) in [6.07, 6.45) is 0.417. The minimum absolute atomic E-state index is 0.0721. The summed E-state index contributed by atoms with van der Waals surface area (Å²) < 4.78 is 16.9. The first kappa shape index (κ1) is 19.5. The van der Waals surface area contributed by atoms with Crippen molar-refractivity contribution in [1.82, 2.24) is 0 Å². The molecule has 0 aromatic heterocycles. The summed E-state index contributed by atoms with van der Waals surface area (Å²) in [6.45, 7) is 2.90. The molecule has 0 saturated heterocycles. The lowest BCUT2D eigenvalue weighted by molar-refractivity contribution is -0.123. The predicted octanol–water partition coefficient (Wildman–Crippen LogP) is 2.81. The maximum Gasteiger partial charge on any atom is 0.340 e. The molecule has 26 heavy (non-hydrogen) atoms. The van der Waals surface area contributed by atoms with Crippen LogP contribution >= 0.6 is 0 Å². The molecule has 0 aliphatic rings. The van der Waals surface area contributed by atoms with Gasteiger partial charge in [-0.15, -0.1) is 0 Å². The molecule has 0 unspecified atom stereocenters. The molecule has 2 atom stereocenters. The fraction of sp³-hybridized carbons (Fsp3) is 0.211. The highest BCUT2D eigenvalue weighted by Gasteiger charge is 2.21. The largest absolute Gasteiger partial charge is 0.449 e. The molecule has 1 N–H and O–H groups in total. The van der Waals surface area contributed by atoms with E-state index in [2.05, 4.69) is 5.32 Å². The van der Waals surface area contributed by atoms with Crippen LogP contribution in [0.3, 0.4) is 0 Å². The molecule has 0 fully saturated rings. The van der Waals surface area contributed by atoms with Crippen LogP contribution in [0.5, 0.6) is 0 Å². The molecule has 7 heteroatoms. The van der Waals surface area contributed by atoms with Crippen LogP contribution in [0.25, 0.3) is 0 Å². The molecule has 0 bridgehead atoms. The van der Waals surface area contributed by atoms with Gasteiger partial charge < -0.3 is 10.1 Å². The van der Waals surface area contributed by atoms with Crippen molar-refractivity contribution in [2.24, 2.45) is 0 Å². The summed E-state index contributed by atoms with van der Waals surface area (Å²) >= 11 is 0. The summed E-state index contributed by atoms with van der Waals surface area (Å²) in [6, 6.07) is 12.8. The first-order chi connectivity index (χ1) is 12.3. The quantitative estimate of drug-likeness (QED) is 0.621. The number of nitrogens with one attached hydrogen (secondary N) is 1. The monoisotopic (exact) mass is 373 g/mol. The second-order valence-corrected chi connectivity index (χ2v) is 6.97. The van der Waals surface area contributed by atoms with E-state index in [1.165, 1.54) is 26.2 Å². The average Bonchev–Trinajstić information content (AvgIpc) is 2.61. The van der Waals surface area contributed by atoms with Gasteiger partial charge in [0, 0.05) is 17.5 Å². The van der Waals surface area contributed by atoms with Crippen molar-refractivity contribution < 1.29 is 23.3 Å². The van der Waals surface area contributed by atoms with E-state index in [0.29, 0.717) is 16.1 Å². The van der Waals surface area contributed by atoms with Gasteiger partial charge >= 0.3 is 5.97 Å². The minimum atomic E-state index is -1.35. The molecule has 136 valence electrons. The van der Waals surface area contributed by atoms with Crippen molar-refractivity contribution in [3.63, 3.8) is 0 Å². The van der Waals surface area contributed by atoms with E-state index in [0.717, 1.165) is 0 Å². The van der Waals surface area contributed by atoms with Gasteiger partial charge in [0.2, 0.25) is 0 Å². The Kier molecular flexibility index (Phi) is 6.41. The fourth-order valence-corrected chi connectivity index (χ4v) is 2.93. The van der Waals surface area contributed by atoms with Gasteiger partial charge in [-0.05, 0) is 50.2 Å². The van der Waals surface area contributed by atoms with Gasteiger partial charge in [0.1, 0.15) is 0 Å². The number of anilines is 1. The van der Waals surface area contributed by atoms with E-state index in [-0.39, 0.29) is 11.3 Å². The zero-order chi connectivity index (χ0) is 19.3. The number of amides is 1. The van der Waals surface area contributed by atoms with Crippen LogP contribution in [0.15, 0.2) is 53.4 Å². The third kappa shape index (κ3) is 4.86. The number of esters is 1. The molecule has 0 saturated carbocycles. The van der Waals surface area contributed by atoms with Gasteiger partial charge in [0.15, 0.2) is 11.9 Å². The van der Waals surface area contributed by atoms with Gasteiger partial charge in [0.25, 0.3) is 5.91 Å². The van der Waals surface area contributed by atoms with Gasteiger partial charge in [-0.2, -0.15) is 0 Å². The number of hydrogen-bond acceptors (Lipinski definition) is 5. The standard InChI is InChI=1S/C19H19NO5S/c1-12(21)14-8-10-15(11-9-14)20-18(22)13(2)25-19(23)16-6-4-5-7-17(16)26(3)24/h4-11,13H,1-3H3,(H,20,22)/t13-,26+/m0/s1. The predicted molar refractivity (Wildman–Crippen MR) is 98.7 cm³/mol.